The van der Waals surface area contributed by atoms with Crippen LogP contribution in [0.2, 0.25) is 0 Å². The summed E-state index contributed by atoms with van der Waals surface area (Å²) in [6, 6.07) is 1.05. The lowest BCUT2D eigenvalue weighted by molar-refractivity contribution is 0.274. The highest BCUT2D eigenvalue weighted by Crippen LogP contribution is 2.15. The molecule has 3 N–H and O–H groups in total. The third-order valence-electron chi connectivity index (χ3n) is 2.48. The van der Waals surface area contributed by atoms with Gasteiger partial charge in [-0.3, -0.25) is 0 Å². The standard InChI is InChI=1S/C8H18N2/c1-3-7-5-10-6(2)4-8(7)9/h6-8,10H,3-5,9H2,1-2H3. The van der Waals surface area contributed by atoms with Crippen LogP contribution in [0.1, 0.15) is 26.7 Å². The van der Waals surface area contributed by atoms with Crippen LogP contribution in [0.15, 0.2) is 0 Å². The molecule has 10 heavy (non-hydrogen) atoms. The highest BCUT2D eigenvalue weighted by atomic mass is 14.9. The second-order valence-electron chi connectivity index (χ2n) is 3.38. The molecule has 0 aromatic carbocycles. The first kappa shape index (κ1) is 8.02. The van der Waals surface area contributed by atoms with Crippen LogP contribution in [0.3, 0.4) is 0 Å². The molecule has 1 rings (SSSR count). The quantitative estimate of drug-likeness (QED) is 0.566. The Morgan fingerprint density at radius 2 is 2.30 bits per heavy atom. The van der Waals surface area contributed by atoms with Gasteiger partial charge in [0.2, 0.25) is 0 Å². The van der Waals surface area contributed by atoms with Crippen molar-refractivity contribution in [2.75, 3.05) is 6.54 Å². The SMILES string of the molecule is CCC1CNC(C)CC1N. The van der Waals surface area contributed by atoms with Crippen molar-refractivity contribution in [3.63, 3.8) is 0 Å². The van der Waals surface area contributed by atoms with Crippen molar-refractivity contribution in [2.45, 2.75) is 38.8 Å². The summed E-state index contributed by atoms with van der Waals surface area (Å²) in [5.74, 6) is 0.705. The fraction of sp³-hybridized carbons (Fsp3) is 1.00. The van der Waals surface area contributed by atoms with E-state index < -0.39 is 0 Å². The van der Waals surface area contributed by atoms with E-state index in [1.165, 1.54) is 6.42 Å². The average molecular weight is 142 g/mol. The summed E-state index contributed by atoms with van der Waals surface area (Å²) < 4.78 is 0. The number of rotatable bonds is 1. The predicted octanol–water partition coefficient (Wildman–Crippen LogP) is 0.722. The van der Waals surface area contributed by atoms with E-state index in [0.717, 1.165) is 13.0 Å². The second kappa shape index (κ2) is 3.35. The molecule has 1 aliphatic rings. The molecule has 0 aromatic rings. The maximum atomic E-state index is 5.94. The van der Waals surface area contributed by atoms with Gasteiger partial charge in [0.1, 0.15) is 0 Å². The minimum Gasteiger partial charge on any atom is -0.327 e. The Bertz CT molecular complexity index is 103. The highest BCUT2D eigenvalue weighted by Gasteiger charge is 2.23. The molecule has 2 nitrogen and oxygen atoms in total. The van der Waals surface area contributed by atoms with Crippen molar-refractivity contribution in [1.82, 2.24) is 5.32 Å². The van der Waals surface area contributed by atoms with Crippen molar-refractivity contribution in [3.8, 4) is 0 Å². The molecular weight excluding hydrogens is 124 g/mol. The van der Waals surface area contributed by atoms with Crippen molar-refractivity contribution >= 4 is 0 Å². The number of hydrogen-bond donors (Lipinski definition) is 2. The molecule has 0 aromatic heterocycles. The van der Waals surface area contributed by atoms with E-state index in [0.29, 0.717) is 18.0 Å². The monoisotopic (exact) mass is 142 g/mol. The molecule has 3 unspecified atom stereocenters. The van der Waals surface area contributed by atoms with Crippen molar-refractivity contribution < 1.29 is 0 Å². The van der Waals surface area contributed by atoms with Gasteiger partial charge in [-0.2, -0.15) is 0 Å². The molecule has 1 fully saturated rings. The molecule has 1 heterocycles. The third kappa shape index (κ3) is 1.70. The summed E-state index contributed by atoms with van der Waals surface area (Å²) in [5.41, 5.74) is 5.94. The zero-order valence-corrected chi connectivity index (χ0v) is 6.93. The molecule has 2 heteroatoms. The minimum atomic E-state index is 0.432. The molecule has 0 radical (unpaired) electrons. The number of piperidine rings is 1. The van der Waals surface area contributed by atoms with Crippen LogP contribution in [0, 0.1) is 5.92 Å². The largest absolute Gasteiger partial charge is 0.327 e. The van der Waals surface area contributed by atoms with Gasteiger partial charge in [0, 0.05) is 12.1 Å². The first-order chi connectivity index (χ1) is 4.74. The van der Waals surface area contributed by atoms with E-state index in [4.69, 9.17) is 5.73 Å². The zero-order valence-electron chi connectivity index (χ0n) is 6.93. The fourth-order valence-electron chi connectivity index (χ4n) is 1.64. The second-order valence-corrected chi connectivity index (χ2v) is 3.38. The summed E-state index contributed by atoms with van der Waals surface area (Å²) in [6.07, 6.45) is 2.35. The Balaban J connectivity index is 2.36. The number of hydrogen-bond acceptors (Lipinski definition) is 2. The molecule has 60 valence electrons. The van der Waals surface area contributed by atoms with Crippen molar-refractivity contribution in [3.05, 3.63) is 0 Å². The molecule has 0 bridgehead atoms. The minimum absolute atomic E-state index is 0.432. The van der Waals surface area contributed by atoms with E-state index in [1.807, 2.05) is 0 Å². The number of nitrogens with one attached hydrogen (secondary N) is 1. The van der Waals surface area contributed by atoms with Gasteiger partial charge in [0.25, 0.3) is 0 Å². The molecule has 1 aliphatic heterocycles. The van der Waals surface area contributed by atoms with Crippen molar-refractivity contribution in [1.29, 1.82) is 0 Å². The topological polar surface area (TPSA) is 38.0 Å². The summed E-state index contributed by atoms with van der Waals surface area (Å²) in [4.78, 5) is 0. The first-order valence-electron chi connectivity index (χ1n) is 4.23. The maximum absolute atomic E-state index is 5.94. The Morgan fingerprint density at radius 1 is 1.60 bits per heavy atom. The lowest BCUT2D eigenvalue weighted by Crippen LogP contribution is -2.48. The Hall–Kier alpha value is -0.0800. The van der Waals surface area contributed by atoms with Gasteiger partial charge in [-0.05, 0) is 25.8 Å². The molecule has 0 spiro atoms. The zero-order chi connectivity index (χ0) is 7.56. The maximum Gasteiger partial charge on any atom is 0.00938 e. The van der Waals surface area contributed by atoms with Gasteiger partial charge < -0.3 is 11.1 Å². The van der Waals surface area contributed by atoms with E-state index in [-0.39, 0.29) is 0 Å². The normalized spacial score (nSPS) is 41.7. The predicted molar refractivity (Wildman–Crippen MR) is 43.8 cm³/mol. The van der Waals surface area contributed by atoms with Crippen LogP contribution in [0.5, 0.6) is 0 Å². The van der Waals surface area contributed by atoms with E-state index in [1.54, 1.807) is 0 Å². The van der Waals surface area contributed by atoms with E-state index in [2.05, 4.69) is 19.2 Å². The lowest BCUT2D eigenvalue weighted by Gasteiger charge is -2.32. The van der Waals surface area contributed by atoms with Crippen molar-refractivity contribution in [2.24, 2.45) is 11.7 Å². The molecular formula is C8H18N2. The highest BCUT2D eigenvalue weighted by molar-refractivity contribution is 4.83. The average Bonchev–Trinajstić information content (AvgIpc) is 1.88. The molecule has 0 saturated carbocycles. The van der Waals surface area contributed by atoms with Crippen LogP contribution >= 0.6 is 0 Å². The molecule has 3 atom stereocenters. The lowest BCUT2D eigenvalue weighted by atomic mass is 9.89. The molecule has 0 aliphatic carbocycles. The van der Waals surface area contributed by atoms with Gasteiger partial charge in [0.05, 0.1) is 0 Å². The van der Waals surface area contributed by atoms with Gasteiger partial charge in [-0.25, -0.2) is 0 Å². The Morgan fingerprint density at radius 3 is 2.80 bits per heavy atom. The third-order valence-corrected chi connectivity index (χ3v) is 2.48. The summed E-state index contributed by atoms with van der Waals surface area (Å²) in [7, 11) is 0. The molecule has 1 saturated heterocycles. The Kier molecular flexibility index (Phi) is 2.69. The van der Waals surface area contributed by atoms with Crippen LogP contribution in [-0.4, -0.2) is 18.6 Å². The van der Waals surface area contributed by atoms with Gasteiger partial charge >= 0.3 is 0 Å². The van der Waals surface area contributed by atoms with Gasteiger partial charge in [-0.1, -0.05) is 13.3 Å². The van der Waals surface area contributed by atoms with Crippen LogP contribution in [-0.2, 0) is 0 Å². The summed E-state index contributed by atoms with van der Waals surface area (Å²) in [5, 5.41) is 3.43. The smallest absolute Gasteiger partial charge is 0.00938 e. The van der Waals surface area contributed by atoms with Crippen LogP contribution in [0.25, 0.3) is 0 Å². The van der Waals surface area contributed by atoms with Crippen LogP contribution in [0.4, 0.5) is 0 Å². The fourth-order valence-corrected chi connectivity index (χ4v) is 1.64. The van der Waals surface area contributed by atoms with Crippen LogP contribution < -0.4 is 11.1 Å². The molecule has 0 amide bonds. The Labute approximate surface area is 63.2 Å². The summed E-state index contributed by atoms with van der Waals surface area (Å²) in [6.45, 7) is 5.52. The van der Waals surface area contributed by atoms with Gasteiger partial charge in [0.15, 0.2) is 0 Å². The summed E-state index contributed by atoms with van der Waals surface area (Å²) >= 11 is 0. The van der Waals surface area contributed by atoms with Gasteiger partial charge in [-0.15, -0.1) is 0 Å². The van der Waals surface area contributed by atoms with E-state index >= 15 is 0 Å². The number of nitrogens with two attached hydrogens (primary N) is 1. The first-order valence-corrected chi connectivity index (χ1v) is 4.23. The van der Waals surface area contributed by atoms with E-state index in [9.17, 15) is 0 Å².